The molecule has 64 valence electrons. The van der Waals surface area contributed by atoms with Gasteiger partial charge in [0.2, 0.25) is 0 Å². The van der Waals surface area contributed by atoms with E-state index in [1.165, 1.54) is 24.6 Å². The van der Waals surface area contributed by atoms with Gasteiger partial charge in [0.25, 0.3) is 0 Å². The summed E-state index contributed by atoms with van der Waals surface area (Å²) in [5.41, 5.74) is 0.631. The average molecular weight is 217 g/mol. The van der Waals surface area contributed by atoms with E-state index in [1.807, 2.05) is 0 Å². The summed E-state index contributed by atoms with van der Waals surface area (Å²) in [5.74, 6) is 3.05. The number of halogens is 1. The molecule has 3 atom stereocenters. The molecule has 1 heteroatoms. The smallest absolute Gasteiger partial charge is 0.00675 e. The van der Waals surface area contributed by atoms with Crippen molar-refractivity contribution >= 4 is 15.9 Å². The third-order valence-corrected chi connectivity index (χ3v) is 4.91. The lowest BCUT2D eigenvalue weighted by atomic mass is 9.70. The van der Waals surface area contributed by atoms with Crippen LogP contribution in [0.25, 0.3) is 0 Å². The summed E-state index contributed by atoms with van der Waals surface area (Å²) in [7, 11) is 0. The molecule has 2 rings (SSSR count). The maximum absolute atomic E-state index is 3.65. The summed E-state index contributed by atoms with van der Waals surface area (Å²) in [4.78, 5) is 0. The Morgan fingerprint density at radius 3 is 2.45 bits per heavy atom. The Kier molecular flexibility index (Phi) is 1.83. The van der Waals surface area contributed by atoms with Crippen LogP contribution >= 0.6 is 15.9 Å². The van der Waals surface area contributed by atoms with Gasteiger partial charge in [0.05, 0.1) is 0 Å². The molecule has 2 aliphatic rings. The highest BCUT2D eigenvalue weighted by atomic mass is 79.9. The molecule has 0 aromatic carbocycles. The number of fused-ring (bicyclic) bond motifs is 2. The van der Waals surface area contributed by atoms with Crippen LogP contribution in [-0.4, -0.2) is 5.33 Å². The van der Waals surface area contributed by atoms with Gasteiger partial charge in [-0.1, -0.05) is 29.8 Å². The minimum atomic E-state index is 0.631. The molecule has 0 nitrogen and oxygen atoms in total. The van der Waals surface area contributed by atoms with Crippen LogP contribution in [0.4, 0.5) is 0 Å². The predicted molar refractivity (Wildman–Crippen MR) is 51.9 cm³/mol. The highest BCUT2D eigenvalue weighted by Gasteiger charge is 2.51. The first-order chi connectivity index (χ1) is 5.16. The standard InChI is InChI=1S/C10H17Br/c1-10(2)8-4-3-7(5-8)9(10)6-11/h7-9H,3-6H2,1-2H3/t7-,8+,9+/m0/s1. The Labute approximate surface area is 77.9 Å². The summed E-state index contributed by atoms with van der Waals surface area (Å²) in [5, 5.41) is 1.22. The summed E-state index contributed by atoms with van der Waals surface area (Å²) in [6.07, 6.45) is 4.52. The van der Waals surface area contributed by atoms with Gasteiger partial charge in [-0.2, -0.15) is 0 Å². The van der Waals surface area contributed by atoms with Gasteiger partial charge in [0.1, 0.15) is 0 Å². The van der Waals surface area contributed by atoms with E-state index in [2.05, 4.69) is 29.8 Å². The minimum Gasteiger partial charge on any atom is -0.0925 e. The van der Waals surface area contributed by atoms with Gasteiger partial charge in [-0.15, -0.1) is 0 Å². The SMILES string of the molecule is CC1(C)[C@@H]2CC[C@@H](C2)[C@H]1CBr. The molecule has 0 radical (unpaired) electrons. The maximum atomic E-state index is 3.65. The summed E-state index contributed by atoms with van der Waals surface area (Å²) in [6.45, 7) is 4.92. The minimum absolute atomic E-state index is 0.631. The van der Waals surface area contributed by atoms with E-state index >= 15 is 0 Å². The van der Waals surface area contributed by atoms with Gasteiger partial charge in [0.15, 0.2) is 0 Å². The van der Waals surface area contributed by atoms with Gasteiger partial charge in [0, 0.05) is 5.33 Å². The molecule has 0 aliphatic heterocycles. The molecular weight excluding hydrogens is 200 g/mol. The maximum Gasteiger partial charge on any atom is 0.00675 e. The first-order valence-electron chi connectivity index (χ1n) is 4.72. The molecule has 2 saturated carbocycles. The van der Waals surface area contributed by atoms with Crippen molar-refractivity contribution in [3.63, 3.8) is 0 Å². The lowest BCUT2D eigenvalue weighted by Crippen LogP contribution is -2.31. The molecule has 0 aromatic heterocycles. The first-order valence-corrected chi connectivity index (χ1v) is 5.84. The lowest BCUT2D eigenvalue weighted by Gasteiger charge is -2.37. The third-order valence-electron chi connectivity index (χ3n) is 4.22. The van der Waals surface area contributed by atoms with Crippen LogP contribution in [-0.2, 0) is 0 Å². The molecule has 0 aromatic rings. The van der Waals surface area contributed by atoms with E-state index in [9.17, 15) is 0 Å². The second-order valence-corrected chi connectivity index (χ2v) is 5.50. The predicted octanol–water partition coefficient (Wildman–Crippen LogP) is 3.45. The van der Waals surface area contributed by atoms with Crippen LogP contribution in [0.1, 0.15) is 33.1 Å². The van der Waals surface area contributed by atoms with Gasteiger partial charge < -0.3 is 0 Å². The van der Waals surface area contributed by atoms with E-state index in [0.29, 0.717) is 5.41 Å². The Bertz CT molecular complexity index is 162. The van der Waals surface area contributed by atoms with Crippen molar-refractivity contribution in [3.8, 4) is 0 Å². The highest BCUT2D eigenvalue weighted by molar-refractivity contribution is 9.09. The Hall–Kier alpha value is 0.480. The Morgan fingerprint density at radius 2 is 2.09 bits per heavy atom. The first kappa shape index (κ1) is 8.10. The molecule has 2 aliphatic carbocycles. The van der Waals surface area contributed by atoms with Gasteiger partial charge >= 0.3 is 0 Å². The lowest BCUT2D eigenvalue weighted by molar-refractivity contribution is 0.142. The van der Waals surface area contributed by atoms with Gasteiger partial charge in [-0.3, -0.25) is 0 Å². The third kappa shape index (κ3) is 0.998. The zero-order valence-corrected chi connectivity index (χ0v) is 9.02. The molecule has 2 bridgehead atoms. The number of hydrogen-bond acceptors (Lipinski definition) is 0. The molecule has 0 heterocycles. The summed E-state index contributed by atoms with van der Waals surface area (Å²) < 4.78 is 0. The second kappa shape index (κ2) is 2.48. The van der Waals surface area contributed by atoms with Gasteiger partial charge in [-0.25, -0.2) is 0 Å². The number of hydrogen-bond donors (Lipinski definition) is 0. The van der Waals surface area contributed by atoms with E-state index in [1.54, 1.807) is 0 Å². The zero-order valence-electron chi connectivity index (χ0n) is 7.44. The van der Waals surface area contributed by atoms with Crippen molar-refractivity contribution in [3.05, 3.63) is 0 Å². The molecule has 0 amide bonds. The summed E-state index contributed by atoms with van der Waals surface area (Å²) >= 11 is 3.65. The Balaban J connectivity index is 2.21. The summed E-state index contributed by atoms with van der Waals surface area (Å²) in [6, 6.07) is 0. The second-order valence-electron chi connectivity index (χ2n) is 4.85. The van der Waals surface area contributed by atoms with Crippen LogP contribution < -0.4 is 0 Å². The van der Waals surface area contributed by atoms with E-state index in [-0.39, 0.29) is 0 Å². The van der Waals surface area contributed by atoms with Crippen molar-refractivity contribution in [2.45, 2.75) is 33.1 Å². The zero-order chi connectivity index (χ0) is 8.06. The molecule has 2 fully saturated rings. The van der Waals surface area contributed by atoms with Crippen molar-refractivity contribution in [2.75, 3.05) is 5.33 Å². The van der Waals surface area contributed by atoms with Crippen LogP contribution in [0.5, 0.6) is 0 Å². The van der Waals surface area contributed by atoms with E-state index in [0.717, 1.165) is 17.8 Å². The molecule has 0 N–H and O–H groups in total. The fourth-order valence-corrected chi connectivity index (χ4v) is 4.66. The molecule has 0 spiro atoms. The fourth-order valence-electron chi connectivity index (χ4n) is 3.29. The van der Waals surface area contributed by atoms with Gasteiger partial charge in [-0.05, 0) is 42.4 Å². The normalized spacial score (nSPS) is 46.6. The monoisotopic (exact) mass is 216 g/mol. The fraction of sp³-hybridized carbons (Fsp3) is 1.00. The van der Waals surface area contributed by atoms with Crippen molar-refractivity contribution in [2.24, 2.45) is 23.2 Å². The Morgan fingerprint density at radius 1 is 1.36 bits per heavy atom. The quantitative estimate of drug-likeness (QED) is 0.590. The topological polar surface area (TPSA) is 0 Å². The van der Waals surface area contributed by atoms with Crippen LogP contribution in [0.2, 0.25) is 0 Å². The number of alkyl halides is 1. The van der Waals surface area contributed by atoms with Crippen molar-refractivity contribution < 1.29 is 0 Å². The van der Waals surface area contributed by atoms with E-state index < -0.39 is 0 Å². The van der Waals surface area contributed by atoms with E-state index in [4.69, 9.17) is 0 Å². The largest absolute Gasteiger partial charge is 0.0925 e. The van der Waals surface area contributed by atoms with Crippen LogP contribution in [0.15, 0.2) is 0 Å². The van der Waals surface area contributed by atoms with Crippen molar-refractivity contribution in [1.82, 2.24) is 0 Å². The van der Waals surface area contributed by atoms with Crippen LogP contribution in [0, 0.1) is 23.2 Å². The molecule has 0 unspecified atom stereocenters. The average Bonchev–Trinajstić information content (AvgIpc) is 2.44. The highest BCUT2D eigenvalue weighted by Crippen LogP contribution is 2.59. The molecular formula is C10H17Br. The van der Waals surface area contributed by atoms with Crippen LogP contribution in [0.3, 0.4) is 0 Å². The number of rotatable bonds is 1. The van der Waals surface area contributed by atoms with Crippen molar-refractivity contribution in [1.29, 1.82) is 0 Å². The molecule has 11 heavy (non-hydrogen) atoms. The molecule has 0 saturated heterocycles.